The number of allylic oxidation sites excluding steroid dienone is 1. The maximum absolute atomic E-state index is 6.07. The zero-order chi connectivity index (χ0) is 24.5. The molecule has 1 heterocycles. The number of aromatic nitrogens is 2. The molecule has 4 aromatic rings. The number of nitrogens with zero attached hydrogens (tertiary/aromatic N) is 2. The smallest absolute Gasteiger partial charge is 0.161 e. The van der Waals surface area contributed by atoms with Crippen LogP contribution in [0, 0.1) is 0 Å². The molecule has 5 nitrogen and oxygen atoms in total. The third-order valence-corrected chi connectivity index (χ3v) is 6.01. The van der Waals surface area contributed by atoms with Gasteiger partial charge in [-0.2, -0.15) is 0 Å². The van der Waals surface area contributed by atoms with Crippen molar-refractivity contribution < 1.29 is 14.2 Å². The highest BCUT2D eigenvalue weighted by Gasteiger charge is 2.11. The van der Waals surface area contributed by atoms with Crippen LogP contribution in [0.3, 0.4) is 0 Å². The zero-order valence-electron chi connectivity index (χ0n) is 20.9. The molecule has 0 aliphatic heterocycles. The van der Waals surface area contributed by atoms with Crippen LogP contribution in [0.5, 0.6) is 17.2 Å². The number of fused-ring (bicyclic) bond motifs is 1. The van der Waals surface area contributed by atoms with Crippen LogP contribution in [0.25, 0.3) is 17.1 Å². The molecule has 0 atom stereocenters. The summed E-state index contributed by atoms with van der Waals surface area (Å²) in [6.07, 6.45) is 6.97. The Morgan fingerprint density at radius 3 is 2.51 bits per heavy atom. The van der Waals surface area contributed by atoms with Crippen LogP contribution in [0.1, 0.15) is 43.6 Å². The van der Waals surface area contributed by atoms with Crippen molar-refractivity contribution >= 4 is 17.1 Å². The van der Waals surface area contributed by atoms with Crippen LogP contribution in [-0.4, -0.2) is 23.3 Å². The molecule has 3 aromatic carbocycles. The average molecular weight is 471 g/mol. The second-order valence-electron chi connectivity index (χ2n) is 8.42. The summed E-state index contributed by atoms with van der Waals surface area (Å²) in [4.78, 5) is 4.84. The van der Waals surface area contributed by atoms with Gasteiger partial charge in [0.1, 0.15) is 18.2 Å². The Morgan fingerprint density at radius 1 is 0.914 bits per heavy atom. The first-order chi connectivity index (χ1) is 17.2. The zero-order valence-corrected chi connectivity index (χ0v) is 20.9. The SMILES string of the molecule is C/C=C/c1ccc(OCCCCn2c(COc3ccc(CC)cc3)nc3ccccc32)c(OC)c1. The topological polar surface area (TPSA) is 45.5 Å². The van der Waals surface area contributed by atoms with E-state index in [1.165, 1.54) is 5.56 Å². The highest BCUT2D eigenvalue weighted by molar-refractivity contribution is 5.75. The van der Waals surface area contributed by atoms with E-state index in [1.807, 2.05) is 55.5 Å². The molecular weight excluding hydrogens is 436 g/mol. The number of rotatable bonds is 12. The molecule has 182 valence electrons. The van der Waals surface area contributed by atoms with Crippen LogP contribution in [0.15, 0.2) is 72.8 Å². The van der Waals surface area contributed by atoms with Crippen LogP contribution in [0.4, 0.5) is 0 Å². The van der Waals surface area contributed by atoms with E-state index >= 15 is 0 Å². The van der Waals surface area contributed by atoms with Gasteiger partial charge in [-0.3, -0.25) is 0 Å². The number of hydrogen-bond donors (Lipinski definition) is 0. The normalized spacial score (nSPS) is 11.3. The molecule has 0 radical (unpaired) electrons. The van der Waals surface area contributed by atoms with Gasteiger partial charge in [-0.1, -0.05) is 49.4 Å². The van der Waals surface area contributed by atoms with Gasteiger partial charge in [0.2, 0.25) is 0 Å². The number of benzene rings is 3. The minimum absolute atomic E-state index is 0.437. The predicted octanol–water partition coefficient (Wildman–Crippen LogP) is 7.08. The standard InChI is InChI=1S/C30H34N2O3/c1-4-10-24-15-18-28(29(21-24)33-3)34-20-9-8-19-32-27-12-7-6-11-26(27)31-30(32)22-35-25-16-13-23(5-2)14-17-25/h4,6-7,10-18,21H,5,8-9,19-20,22H2,1-3H3/b10-4+. The summed E-state index contributed by atoms with van der Waals surface area (Å²) in [5.74, 6) is 3.33. The molecule has 1 aromatic heterocycles. The van der Waals surface area contributed by atoms with Gasteiger partial charge in [0.15, 0.2) is 11.5 Å². The molecular formula is C30H34N2O3. The molecule has 0 amide bonds. The van der Waals surface area contributed by atoms with Crippen LogP contribution in [-0.2, 0) is 19.6 Å². The summed E-state index contributed by atoms with van der Waals surface area (Å²) < 4.78 is 19.9. The van der Waals surface area contributed by atoms with E-state index < -0.39 is 0 Å². The molecule has 0 unspecified atom stereocenters. The first-order valence-electron chi connectivity index (χ1n) is 12.3. The number of ether oxygens (including phenoxy) is 3. The van der Waals surface area contributed by atoms with E-state index in [0.29, 0.717) is 13.2 Å². The highest BCUT2D eigenvalue weighted by Crippen LogP contribution is 2.29. The summed E-state index contributed by atoms with van der Waals surface area (Å²) in [5, 5.41) is 0. The lowest BCUT2D eigenvalue weighted by Crippen LogP contribution is -2.09. The third-order valence-electron chi connectivity index (χ3n) is 6.01. The van der Waals surface area contributed by atoms with Crippen LogP contribution < -0.4 is 14.2 Å². The minimum atomic E-state index is 0.437. The molecule has 0 fully saturated rings. The molecule has 0 saturated heterocycles. The van der Waals surface area contributed by atoms with Crippen molar-refractivity contribution in [2.24, 2.45) is 0 Å². The summed E-state index contributed by atoms with van der Waals surface area (Å²) in [6.45, 7) is 6.07. The first-order valence-corrected chi connectivity index (χ1v) is 12.3. The largest absolute Gasteiger partial charge is 0.493 e. The molecule has 0 aliphatic rings. The Labute approximate surface area is 208 Å². The van der Waals surface area contributed by atoms with Gasteiger partial charge in [0.25, 0.3) is 0 Å². The van der Waals surface area contributed by atoms with Crippen molar-refractivity contribution in [1.82, 2.24) is 9.55 Å². The van der Waals surface area contributed by atoms with Crippen molar-refractivity contribution in [3.05, 3.63) is 89.8 Å². The van der Waals surface area contributed by atoms with Crippen molar-refractivity contribution in [1.29, 1.82) is 0 Å². The molecule has 35 heavy (non-hydrogen) atoms. The monoisotopic (exact) mass is 470 g/mol. The number of para-hydroxylation sites is 2. The predicted molar refractivity (Wildman–Crippen MR) is 142 cm³/mol. The fraction of sp³-hybridized carbons (Fsp3) is 0.300. The minimum Gasteiger partial charge on any atom is -0.493 e. The van der Waals surface area contributed by atoms with Gasteiger partial charge in [-0.25, -0.2) is 4.98 Å². The number of methoxy groups -OCH3 is 1. The Kier molecular flexibility index (Phi) is 8.44. The average Bonchev–Trinajstić information content (AvgIpc) is 3.25. The second-order valence-corrected chi connectivity index (χ2v) is 8.42. The third kappa shape index (κ3) is 6.24. The Balaban J connectivity index is 1.36. The number of hydrogen-bond acceptors (Lipinski definition) is 4. The Morgan fingerprint density at radius 2 is 1.74 bits per heavy atom. The summed E-state index contributed by atoms with van der Waals surface area (Å²) in [7, 11) is 1.67. The molecule has 0 spiro atoms. The number of unbranched alkanes of at least 4 members (excludes halogenated alkanes) is 1. The van der Waals surface area contributed by atoms with Gasteiger partial charge in [-0.15, -0.1) is 0 Å². The van der Waals surface area contributed by atoms with Gasteiger partial charge in [-0.05, 0) is 73.7 Å². The molecule has 0 bridgehead atoms. The molecule has 0 N–H and O–H groups in total. The van der Waals surface area contributed by atoms with Gasteiger partial charge in [0.05, 0.1) is 24.8 Å². The van der Waals surface area contributed by atoms with Gasteiger partial charge < -0.3 is 18.8 Å². The van der Waals surface area contributed by atoms with Crippen LogP contribution >= 0.6 is 0 Å². The van der Waals surface area contributed by atoms with Crippen molar-refractivity contribution in [2.75, 3.05) is 13.7 Å². The first kappa shape index (κ1) is 24.4. The van der Waals surface area contributed by atoms with Crippen molar-refractivity contribution in [3.63, 3.8) is 0 Å². The lowest BCUT2D eigenvalue weighted by atomic mass is 10.2. The molecule has 0 aliphatic carbocycles. The van der Waals surface area contributed by atoms with Crippen molar-refractivity contribution in [2.45, 2.75) is 46.3 Å². The maximum atomic E-state index is 6.07. The summed E-state index contributed by atoms with van der Waals surface area (Å²) >= 11 is 0. The number of imidazole rings is 1. The second kappa shape index (κ2) is 12.1. The summed E-state index contributed by atoms with van der Waals surface area (Å²) in [5.41, 5.74) is 4.53. The van der Waals surface area contributed by atoms with E-state index in [0.717, 1.165) is 65.5 Å². The molecule has 0 saturated carbocycles. The summed E-state index contributed by atoms with van der Waals surface area (Å²) in [6, 6.07) is 22.5. The Bertz CT molecular complexity index is 1260. The van der Waals surface area contributed by atoms with Crippen molar-refractivity contribution in [3.8, 4) is 17.2 Å². The van der Waals surface area contributed by atoms with Gasteiger partial charge >= 0.3 is 0 Å². The maximum Gasteiger partial charge on any atom is 0.161 e. The quantitative estimate of drug-likeness (QED) is 0.208. The van der Waals surface area contributed by atoms with E-state index in [1.54, 1.807) is 7.11 Å². The van der Waals surface area contributed by atoms with E-state index in [4.69, 9.17) is 19.2 Å². The van der Waals surface area contributed by atoms with E-state index in [-0.39, 0.29) is 0 Å². The number of aryl methyl sites for hydroxylation is 2. The lowest BCUT2D eigenvalue weighted by molar-refractivity contribution is 0.278. The fourth-order valence-corrected chi connectivity index (χ4v) is 4.11. The van der Waals surface area contributed by atoms with Crippen LogP contribution in [0.2, 0.25) is 0 Å². The van der Waals surface area contributed by atoms with E-state index in [9.17, 15) is 0 Å². The highest BCUT2D eigenvalue weighted by atomic mass is 16.5. The molecule has 4 rings (SSSR count). The fourth-order valence-electron chi connectivity index (χ4n) is 4.11. The van der Waals surface area contributed by atoms with Gasteiger partial charge in [0, 0.05) is 6.54 Å². The lowest BCUT2D eigenvalue weighted by Gasteiger charge is -2.13. The molecule has 5 heteroatoms. The Hall–Kier alpha value is -3.73. The van der Waals surface area contributed by atoms with E-state index in [2.05, 4.69) is 41.8 Å².